The number of sulfonamides is 1. The Morgan fingerprint density at radius 2 is 2.21 bits per heavy atom. The largest absolute Gasteiger partial charge is 0.370 e. The maximum Gasteiger partial charge on any atom is 0.266 e. The van der Waals surface area contributed by atoms with E-state index < -0.39 is 21.5 Å². The highest BCUT2D eigenvalue weighted by Gasteiger charge is 2.14. The van der Waals surface area contributed by atoms with Crippen molar-refractivity contribution in [2.45, 2.75) is 4.90 Å². The van der Waals surface area contributed by atoms with Crippen LogP contribution in [0, 0.1) is 0 Å². The van der Waals surface area contributed by atoms with E-state index in [2.05, 4.69) is 9.71 Å². The number of aromatic nitrogens is 1. The Labute approximate surface area is 114 Å². The van der Waals surface area contributed by atoms with Crippen molar-refractivity contribution in [3.8, 4) is 0 Å². The lowest BCUT2D eigenvalue weighted by Gasteiger charge is -2.06. The molecule has 1 amide bonds. The van der Waals surface area contributed by atoms with E-state index in [-0.39, 0.29) is 29.7 Å². The summed E-state index contributed by atoms with van der Waals surface area (Å²) in [6.07, 6.45) is 1.03. The van der Waals surface area contributed by atoms with Gasteiger partial charge in [-0.15, -0.1) is 0 Å². The summed E-state index contributed by atoms with van der Waals surface area (Å²) in [4.78, 5) is 23.4. The highest BCUT2D eigenvalue weighted by atomic mass is 35.5. The summed E-state index contributed by atoms with van der Waals surface area (Å²) in [6, 6.07) is 1.03. The van der Waals surface area contributed by atoms with Crippen molar-refractivity contribution in [3.63, 3.8) is 0 Å². The zero-order valence-corrected chi connectivity index (χ0v) is 11.3. The molecule has 0 aliphatic carbocycles. The highest BCUT2D eigenvalue weighted by molar-refractivity contribution is 7.89. The van der Waals surface area contributed by atoms with E-state index in [1.165, 1.54) is 0 Å². The third-order valence-corrected chi connectivity index (χ3v) is 3.65. The first-order valence-electron chi connectivity index (χ1n) is 5.07. The quantitative estimate of drug-likeness (QED) is 0.545. The zero-order chi connectivity index (χ0) is 14.5. The van der Waals surface area contributed by atoms with Crippen molar-refractivity contribution < 1.29 is 17.9 Å². The van der Waals surface area contributed by atoms with Gasteiger partial charge in [-0.2, -0.15) is 0 Å². The number of hydrogen-bond acceptors (Lipinski definition) is 5. The first-order valence-corrected chi connectivity index (χ1v) is 6.93. The third-order valence-electron chi connectivity index (χ3n) is 1.92. The van der Waals surface area contributed by atoms with Gasteiger partial charge in [-0.3, -0.25) is 9.59 Å². The van der Waals surface area contributed by atoms with Crippen LogP contribution in [0.25, 0.3) is 0 Å². The van der Waals surface area contributed by atoms with E-state index in [0.717, 1.165) is 12.3 Å². The number of ether oxygens (including phenoxy) is 1. The number of carbonyl (C=O) groups is 1. The SMILES string of the molecule is NC(=O)COCCNS(=O)(=O)c1c[nH]c(=O)c(Cl)c1. The Balaban J connectivity index is 2.58. The minimum atomic E-state index is -3.80. The molecule has 0 aromatic carbocycles. The maximum atomic E-state index is 11.8. The Morgan fingerprint density at radius 1 is 1.53 bits per heavy atom. The number of carbonyl (C=O) groups excluding carboxylic acids is 1. The number of nitrogens with two attached hydrogens (primary N) is 1. The summed E-state index contributed by atoms with van der Waals surface area (Å²) in [7, 11) is -3.80. The van der Waals surface area contributed by atoms with E-state index in [0.29, 0.717) is 0 Å². The number of pyridine rings is 1. The molecule has 106 valence electrons. The molecule has 8 nitrogen and oxygen atoms in total. The average Bonchev–Trinajstić information content (AvgIpc) is 2.31. The lowest BCUT2D eigenvalue weighted by Crippen LogP contribution is -2.29. The Morgan fingerprint density at radius 3 is 2.79 bits per heavy atom. The molecule has 0 saturated heterocycles. The van der Waals surface area contributed by atoms with Crippen molar-refractivity contribution in [3.05, 3.63) is 27.6 Å². The lowest BCUT2D eigenvalue weighted by molar-refractivity contribution is -0.122. The second-order valence-electron chi connectivity index (χ2n) is 3.43. The molecular formula is C9H12ClN3O5S. The van der Waals surface area contributed by atoms with E-state index in [4.69, 9.17) is 22.1 Å². The van der Waals surface area contributed by atoms with Crippen LogP contribution in [0.2, 0.25) is 5.02 Å². The smallest absolute Gasteiger partial charge is 0.266 e. The summed E-state index contributed by atoms with van der Waals surface area (Å²) in [5, 5.41) is -0.229. The number of hydrogen-bond donors (Lipinski definition) is 3. The molecule has 0 radical (unpaired) electrons. The van der Waals surface area contributed by atoms with E-state index >= 15 is 0 Å². The maximum absolute atomic E-state index is 11.8. The molecule has 4 N–H and O–H groups in total. The summed E-state index contributed by atoms with van der Waals surface area (Å²) in [5.41, 5.74) is 4.25. The van der Waals surface area contributed by atoms with Crippen LogP contribution < -0.4 is 16.0 Å². The third kappa shape index (κ3) is 4.99. The van der Waals surface area contributed by atoms with Crippen LogP contribution in [-0.4, -0.2) is 39.1 Å². The molecule has 0 aliphatic heterocycles. The molecule has 1 rings (SSSR count). The van der Waals surface area contributed by atoms with Gasteiger partial charge in [0.15, 0.2) is 0 Å². The highest BCUT2D eigenvalue weighted by Crippen LogP contribution is 2.09. The molecule has 0 bridgehead atoms. The molecule has 0 unspecified atom stereocenters. The fourth-order valence-electron chi connectivity index (χ4n) is 1.10. The number of halogens is 1. The van der Waals surface area contributed by atoms with E-state index in [1.807, 2.05) is 0 Å². The van der Waals surface area contributed by atoms with Crippen LogP contribution in [0.3, 0.4) is 0 Å². The molecule has 19 heavy (non-hydrogen) atoms. The van der Waals surface area contributed by atoms with E-state index in [1.54, 1.807) is 0 Å². The van der Waals surface area contributed by atoms with Gasteiger partial charge in [0.25, 0.3) is 5.56 Å². The van der Waals surface area contributed by atoms with Crippen LogP contribution in [0.5, 0.6) is 0 Å². The molecule has 0 saturated carbocycles. The second kappa shape index (κ2) is 6.66. The van der Waals surface area contributed by atoms with Crippen molar-refractivity contribution in [1.29, 1.82) is 0 Å². The van der Waals surface area contributed by atoms with Crippen molar-refractivity contribution in [2.75, 3.05) is 19.8 Å². The lowest BCUT2D eigenvalue weighted by atomic mass is 10.5. The summed E-state index contributed by atoms with van der Waals surface area (Å²) >= 11 is 5.53. The monoisotopic (exact) mass is 309 g/mol. The van der Waals surface area contributed by atoms with Crippen LogP contribution in [0.1, 0.15) is 0 Å². The number of amides is 1. The number of rotatable bonds is 7. The summed E-state index contributed by atoms with van der Waals surface area (Å²) in [5.74, 6) is -0.643. The number of nitrogens with one attached hydrogen (secondary N) is 2. The fourth-order valence-corrected chi connectivity index (χ4v) is 2.34. The molecule has 0 fully saturated rings. The van der Waals surface area contributed by atoms with Crippen LogP contribution >= 0.6 is 11.6 Å². The molecule has 0 spiro atoms. The van der Waals surface area contributed by atoms with Crippen LogP contribution in [0.4, 0.5) is 0 Å². The first kappa shape index (κ1) is 15.6. The Hall–Kier alpha value is -1.42. The second-order valence-corrected chi connectivity index (χ2v) is 5.60. The van der Waals surface area contributed by atoms with Gasteiger partial charge in [0.2, 0.25) is 15.9 Å². The summed E-state index contributed by atoms with van der Waals surface area (Å²) < 4.78 is 30.5. The van der Waals surface area contributed by atoms with Gasteiger partial charge < -0.3 is 15.5 Å². The molecule has 1 aromatic rings. The predicted molar refractivity (Wildman–Crippen MR) is 67.3 cm³/mol. The van der Waals surface area contributed by atoms with Gasteiger partial charge in [0.1, 0.15) is 11.6 Å². The molecule has 1 aromatic heterocycles. The van der Waals surface area contributed by atoms with E-state index in [9.17, 15) is 18.0 Å². The minimum Gasteiger partial charge on any atom is -0.370 e. The van der Waals surface area contributed by atoms with Crippen molar-refractivity contribution in [2.24, 2.45) is 5.73 Å². The predicted octanol–water partition coefficient (Wildman–Crippen LogP) is -1.19. The standard InChI is InChI=1S/C9H12ClN3O5S/c10-7-3-6(4-12-9(7)15)19(16,17)13-1-2-18-5-8(11)14/h3-4,13H,1-2,5H2,(H2,11,14)(H,12,15). The van der Waals surface area contributed by atoms with Gasteiger partial charge in [0, 0.05) is 12.7 Å². The zero-order valence-electron chi connectivity index (χ0n) is 9.68. The topological polar surface area (TPSA) is 131 Å². The Kier molecular flexibility index (Phi) is 5.48. The van der Waals surface area contributed by atoms with Crippen molar-refractivity contribution >= 4 is 27.5 Å². The summed E-state index contributed by atoms with van der Waals surface area (Å²) in [6.45, 7) is -0.349. The normalized spacial score (nSPS) is 11.4. The van der Waals surface area contributed by atoms with Crippen molar-refractivity contribution in [1.82, 2.24) is 9.71 Å². The molecular weight excluding hydrogens is 298 g/mol. The average molecular weight is 310 g/mol. The van der Waals surface area contributed by atoms with Crippen LogP contribution in [0.15, 0.2) is 22.0 Å². The molecule has 0 aliphatic rings. The molecule has 0 atom stereocenters. The first-order chi connectivity index (χ1) is 8.83. The van der Waals surface area contributed by atoms with Gasteiger partial charge in [0.05, 0.1) is 11.5 Å². The van der Waals surface area contributed by atoms with Gasteiger partial charge in [-0.1, -0.05) is 11.6 Å². The van der Waals surface area contributed by atoms with Gasteiger partial charge >= 0.3 is 0 Å². The number of H-pyrrole nitrogens is 1. The Bertz CT molecular complexity index is 613. The minimum absolute atomic E-state index is 0.0146. The molecule has 10 heteroatoms. The van der Waals surface area contributed by atoms with Gasteiger partial charge in [-0.05, 0) is 6.07 Å². The fraction of sp³-hybridized carbons (Fsp3) is 0.333. The van der Waals surface area contributed by atoms with Crippen LogP contribution in [-0.2, 0) is 19.6 Å². The number of primary amides is 1. The van der Waals surface area contributed by atoms with Gasteiger partial charge in [-0.25, -0.2) is 13.1 Å². The molecule has 1 heterocycles. The number of aromatic amines is 1.